The number of nitriles is 2. The number of halogens is 1. The molecule has 4 nitrogen and oxygen atoms in total. The van der Waals surface area contributed by atoms with Crippen LogP contribution in [0.3, 0.4) is 0 Å². The highest BCUT2D eigenvalue weighted by Crippen LogP contribution is 2.56. The minimum Gasteiger partial charge on any atom is -0.351 e. The normalized spacial score (nSPS) is 22.1. The Morgan fingerprint density at radius 3 is 2.33 bits per heavy atom. The lowest BCUT2D eigenvalue weighted by atomic mass is 9.69. The Hall–Kier alpha value is -3.86. The highest BCUT2D eigenvalue weighted by Gasteiger charge is 2.63. The van der Waals surface area contributed by atoms with E-state index >= 15 is 0 Å². The van der Waals surface area contributed by atoms with Crippen LogP contribution in [0.2, 0.25) is 5.02 Å². The van der Waals surface area contributed by atoms with Gasteiger partial charge in [-0.05, 0) is 30.2 Å². The standard InChI is InChI=1S/C28H20ClN3O/c1-18-10-12-20(13-11-18)27(33)26-25(21-7-3-4-8-22(21)29)28(16-30,17-31)24-15-14-19-6-2-5-9-23(19)32(24)26/h2-15,24-26H,1H3/t24-,25+,26+/m1/s1. The minimum absolute atomic E-state index is 0.137. The number of hydrogen-bond donors (Lipinski definition) is 0. The van der Waals surface area contributed by atoms with E-state index in [2.05, 4.69) is 12.1 Å². The fourth-order valence-electron chi connectivity index (χ4n) is 5.19. The summed E-state index contributed by atoms with van der Waals surface area (Å²) in [5.74, 6) is -0.877. The van der Waals surface area contributed by atoms with Crippen LogP contribution >= 0.6 is 11.6 Å². The number of para-hydroxylation sites is 1. The number of hydrogen-bond acceptors (Lipinski definition) is 4. The third kappa shape index (κ3) is 3.07. The van der Waals surface area contributed by atoms with E-state index in [1.54, 1.807) is 24.3 Å². The second kappa shape index (κ2) is 7.93. The van der Waals surface area contributed by atoms with Gasteiger partial charge in [0.05, 0.1) is 18.2 Å². The lowest BCUT2D eigenvalue weighted by Gasteiger charge is -2.35. The molecule has 1 saturated heterocycles. The molecule has 3 aromatic carbocycles. The Bertz CT molecular complexity index is 1350. The van der Waals surface area contributed by atoms with Gasteiger partial charge in [-0.3, -0.25) is 4.79 Å². The van der Waals surface area contributed by atoms with E-state index in [9.17, 15) is 15.3 Å². The number of anilines is 1. The summed E-state index contributed by atoms with van der Waals surface area (Å²) >= 11 is 6.61. The molecular formula is C28H20ClN3O. The van der Waals surface area contributed by atoms with Crippen molar-refractivity contribution in [1.82, 2.24) is 0 Å². The number of Topliss-reactive ketones (excluding diaryl/α,β-unsaturated/α-hetero) is 1. The van der Waals surface area contributed by atoms with Crippen LogP contribution in [0, 0.1) is 35.0 Å². The molecule has 0 unspecified atom stereocenters. The summed E-state index contributed by atoms with van der Waals surface area (Å²) in [7, 11) is 0. The molecule has 2 aliphatic rings. The van der Waals surface area contributed by atoms with Gasteiger partial charge in [-0.15, -0.1) is 0 Å². The Kier molecular flexibility index (Phi) is 5.05. The Balaban J connectivity index is 1.80. The highest BCUT2D eigenvalue weighted by molar-refractivity contribution is 6.31. The van der Waals surface area contributed by atoms with E-state index in [0.29, 0.717) is 16.1 Å². The molecule has 0 radical (unpaired) electrons. The van der Waals surface area contributed by atoms with Crippen molar-refractivity contribution in [2.24, 2.45) is 5.41 Å². The summed E-state index contributed by atoms with van der Waals surface area (Å²) < 4.78 is 0. The maximum Gasteiger partial charge on any atom is 0.185 e. The highest BCUT2D eigenvalue weighted by atomic mass is 35.5. The second-order valence-electron chi connectivity index (χ2n) is 8.54. The van der Waals surface area contributed by atoms with Crippen LogP contribution in [0.1, 0.15) is 33.0 Å². The maximum atomic E-state index is 14.1. The van der Waals surface area contributed by atoms with Crippen molar-refractivity contribution in [3.8, 4) is 12.1 Å². The van der Waals surface area contributed by atoms with Crippen LogP contribution in [0.5, 0.6) is 0 Å². The van der Waals surface area contributed by atoms with E-state index < -0.39 is 23.4 Å². The van der Waals surface area contributed by atoms with Gasteiger partial charge in [-0.25, -0.2) is 0 Å². The van der Waals surface area contributed by atoms with E-state index in [1.165, 1.54) is 0 Å². The molecule has 3 aromatic rings. The largest absolute Gasteiger partial charge is 0.351 e. The third-order valence-corrected chi connectivity index (χ3v) is 7.10. The van der Waals surface area contributed by atoms with Crippen LogP contribution in [-0.2, 0) is 0 Å². The summed E-state index contributed by atoms with van der Waals surface area (Å²) in [5, 5.41) is 21.3. The first-order valence-electron chi connectivity index (χ1n) is 10.7. The zero-order valence-electron chi connectivity index (χ0n) is 17.9. The predicted octanol–water partition coefficient (Wildman–Crippen LogP) is 5.93. The molecule has 0 aliphatic carbocycles. The number of carbonyl (C=O) groups is 1. The van der Waals surface area contributed by atoms with Crippen LogP contribution in [0.15, 0.2) is 78.9 Å². The maximum absolute atomic E-state index is 14.1. The fourth-order valence-corrected chi connectivity index (χ4v) is 5.45. The average molecular weight is 450 g/mol. The summed E-state index contributed by atoms with van der Waals surface area (Å²) in [6.45, 7) is 1.97. The molecule has 0 saturated carbocycles. The van der Waals surface area contributed by atoms with Crippen molar-refractivity contribution in [3.05, 3.63) is 106 Å². The van der Waals surface area contributed by atoms with E-state index in [0.717, 1.165) is 16.8 Å². The molecule has 5 rings (SSSR count). The van der Waals surface area contributed by atoms with Crippen molar-refractivity contribution >= 4 is 29.1 Å². The van der Waals surface area contributed by atoms with Crippen molar-refractivity contribution in [2.45, 2.75) is 24.9 Å². The molecule has 2 heterocycles. The second-order valence-corrected chi connectivity index (χ2v) is 8.94. The van der Waals surface area contributed by atoms with Gasteiger partial charge in [0.25, 0.3) is 0 Å². The zero-order chi connectivity index (χ0) is 23.2. The first-order chi connectivity index (χ1) is 16.0. The van der Waals surface area contributed by atoms with E-state index in [4.69, 9.17) is 11.6 Å². The number of carbonyl (C=O) groups excluding carboxylic acids is 1. The Labute approximate surface area is 198 Å². The number of aryl methyl sites for hydroxylation is 1. The average Bonchev–Trinajstić information content (AvgIpc) is 3.15. The monoisotopic (exact) mass is 449 g/mol. The lowest BCUT2D eigenvalue weighted by molar-refractivity contribution is 0.0951. The number of benzene rings is 3. The topological polar surface area (TPSA) is 67.9 Å². The van der Waals surface area contributed by atoms with Gasteiger partial charge < -0.3 is 4.90 Å². The summed E-state index contributed by atoms with van der Waals surface area (Å²) in [6.07, 6.45) is 3.81. The SMILES string of the molecule is Cc1ccc(C(=O)[C@@H]2[C@H](c3ccccc3Cl)C(C#N)(C#N)[C@H]3C=Cc4ccccc4N23)cc1. The quantitative estimate of drug-likeness (QED) is 0.464. The van der Waals surface area contributed by atoms with Crippen LogP contribution < -0.4 is 4.90 Å². The summed E-state index contributed by atoms with van der Waals surface area (Å²) in [4.78, 5) is 16.1. The van der Waals surface area contributed by atoms with Gasteiger partial charge in [0.2, 0.25) is 0 Å². The number of ketones is 1. The minimum atomic E-state index is -1.50. The molecule has 1 fully saturated rings. The first-order valence-corrected chi connectivity index (χ1v) is 11.1. The molecule has 5 heteroatoms. The molecule has 3 atom stereocenters. The molecule has 2 aliphatic heterocycles. The molecule has 0 spiro atoms. The first kappa shape index (κ1) is 21.0. The smallest absolute Gasteiger partial charge is 0.185 e. The predicted molar refractivity (Wildman–Crippen MR) is 129 cm³/mol. The van der Waals surface area contributed by atoms with Crippen LogP contribution in [-0.4, -0.2) is 17.9 Å². The summed E-state index contributed by atoms with van der Waals surface area (Å²) in [6, 6.07) is 25.6. The number of rotatable bonds is 3. The van der Waals surface area contributed by atoms with Crippen LogP contribution in [0.25, 0.3) is 6.08 Å². The number of nitrogens with zero attached hydrogens (tertiary/aromatic N) is 3. The Morgan fingerprint density at radius 2 is 1.64 bits per heavy atom. The van der Waals surface area contributed by atoms with Gasteiger partial charge in [0.1, 0.15) is 6.04 Å². The van der Waals surface area contributed by atoms with Gasteiger partial charge in [-0.1, -0.05) is 90.0 Å². The molecule has 0 bridgehead atoms. The molecule has 0 N–H and O–H groups in total. The molecule has 0 aromatic heterocycles. The number of fused-ring (bicyclic) bond motifs is 3. The summed E-state index contributed by atoms with van der Waals surface area (Å²) in [5.41, 5.74) is 2.50. The molecule has 0 amide bonds. The lowest BCUT2D eigenvalue weighted by Crippen LogP contribution is -2.44. The molecular weight excluding hydrogens is 430 g/mol. The molecule has 33 heavy (non-hydrogen) atoms. The van der Waals surface area contributed by atoms with Gasteiger partial charge in [-0.2, -0.15) is 10.5 Å². The van der Waals surface area contributed by atoms with Crippen molar-refractivity contribution < 1.29 is 4.79 Å². The Morgan fingerprint density at radius 1 is 0.970 bits per heavy atom. The van der Waals surface area contributed by atoms with E-state index in [1.807, 2.05) is 72.5 Å². The van der Waals surface area contributed by atoms with Gasteiger partial charge >= 0.3 is 0 Å². The molecule has 160 valence electrons. The van der Waals surface area contributed by atoms with Crippen molar-refractivity contribution in [1.29, 1.82) is 10.5 Å². The van der Waals surface area contributed by atoms with Crippen molar-refractivity contribution in [2.75, 3.05) is 4.90 Å². The fraction of sp³-hybridized carbons (Fsp3) is 0.179. The van der Waals surface area contributed by atoms with Crippen molar-refractivity contribution in [3.63, 3.8) is 0 Å². The van der Waals surface area contributed by atoms with Gasteiger partial charge in [0.15, 0.2) is 11.2 Å². The van der Waals surface area contributed by atoms with E-state index in [-0.39, 0.29) is 5.78 Å². The zero-order valence-corrected chi connectivity index (χ0v) is 18.7. The van der Waals surface area contributed by atoms with Crippen LogP contribution in [0.4, 0.5) is 5.69 Å². The van der Waals surface area contributed by atoms with Gasteiger partial charge in [0, 0.05) is 22.2 Å². The third-order valence-electron chi connectivity index (χ3n) is 6.76.